The summed E-state index contributed by atoms with van der Waals surface area (Å²) < 4.78 is 42.0. The number of benzene rings is 1. The van der Waals surface area contributed by atoms with Crippen LogP contribution in [0.3, 0.4) is 0 Å². The second-order valence-corrected chi connectivity index (χ2v) is 6.04. The van der Waals surface area contributed by atoms with Crippen molar-refractivity contribution < 1.29 is 22.6 Å². The number of ether oxygens (including phenoxy) is 3. The zero-order valence-electron chi connectivity index (χ0n) is 11.2. The summed E-state index contributed by atoms with van der Waals surface area (Å²) in [7, 11) is -3.51. The van der Waals surface area contributed by atoms with E-state index in [2.05, 4.69) is 4.72 Å². The Morgan fingerprint density at radius 3 is 2.60 bits per heavy atom. The zero-order chi connectivity index (χ0) is 14.6. The topological polar surface area (TPSA) is 99.9 Å². The Bertz CT molecular complexity index is 573. The molecule has 0 saturated heterocycles. The lowest BCUT2D eigenvalue weighted by Crippen LogP contribution is -2.21. The van der Waals surface area contributed by atoms with Crippen molar-refractivity contribution in [2.24, 2.45) is 0 Å². The van der Waals surface area contributed by atoms with Gasteiger partial charge in [0.15, 0.2) is 11.5 Å². The smallest absolute Gasteiger partial charge is 0.235 e. The summed E-state index contributed by atoms with van der Waals surface area (Å²) in [4.78, 5) is 0. The minimum absolute atomic E-state index is 0.130. The van der Waals surface area contributed by atoms with Crippen LogP contribution in [0.5, 0.6) is 11.5 Å². The van der Waals surface area contributed by atoms with Crippen molar-refractivity contribution in [3.8, 4) is 11.5 Å². The van der Waals surface area contributed by atoms with Gasteiger partial charge in [-0.05, 0) is 6.92 Å². The highest BCUT2D eigenvalue weighted by molar-refractivity contribution is 7.92. The quantitative estimate of drug-likeness (QED) is 0.596. The number of fused-ring (bicyclic) bond motifs is 1. The Hall–Kier alpha value is -1.67. The normalized spacial score (nSPS) is 14.1. The first-order chi connectivity index (χ1) is 9.52. The summed E-state index contributed by atoms with van der Waals surface area (Å²) >= 11 is 0. The van der Waals surface area contributed by atoms with E-state index >= 15 is 0 Å². The highest BCUT2D eigenvalue weighted by Crippen LogP contribution is 2.37. The minimum atomic E-state index is -3.51. The molecule has 1 heterocycles. The third-order valence-electron chi connectivity index (χ3n) is 2.68. The highest BCUT2D eigenvalue weighted by atomic mass is 32.2. The first-order valence-corrected chi connectivity index (χ1v) is 7.94. The van der Waals surface area contributed by atoms with Crippen LogP contribution in [0.4, 0.5) is 11.4 Å². The Kier molecular flexibility index (Phi) is 4.56. The van der Waals surface area contributed by atoms with Crippen LogP contribution in [0.2, 0.25) is 0 Å². The monoisotopic (exact) mass is 302 g/mol. The van der Waals surface area contributed by atoms with Crippen LogP contribution in [0.25, 0.3) is 0 Å². The third-order valence-corrected chi connectivity index (χ3v) is 3.92. The molecule has 0 atom stereocenters. The molecule has 0 aliphatic carbocycles. The SMILES string of the molecule is CCOCCS(=O)(=O)Nc1cc2c(cc1N)OCCO2. The van der Waals surface area contributed by atoms with Gasteiger partial charge in [0.1, 0.15) is 13.2 Å². The first kappa shape index (κ1) is 14.7. The maximum absolute atomic E-state index is 11.9. The molecule has 3 N–H and O–H groups in total. The van der Waals surface area contributed by atoms with Gasteiger partial charge in [0.05, 0.1) is 23.7 Å². The predicted molar refractivity (Wildman–Crippen MR) is 75.7 cm³/mol. The van der Waals surface area contributed by atoms with E-state index in [-0.39, 0.29) is 23.7 Å². The van der Waals surface area contributed by atoms with Gasteiger partial charge < -0.3 is 19.9 Å². The number of rotatable bonds is 6. The summed E-state index contributed by atoms with van der Waals surface area (Å²) in [5.41, 5.74) is 6.38. The zero-order valence-corrected chi connectivity index (χ0v) is 12.0. The van der Waals surface area contributed by atoms with Crippen molar-refractivity contribution in [3.05, 3.63) is 12.1 Å². The molecule has 0 spiro atoms. The number of hydrogen-bond donors (Lipinski definition) is 2. The lowest BCUT2D eigenvalue weighted by molar-refractivity contribution is 0.163. The molecular formula is C12H18N2O5S. The van der Waals surface area contributed by atoms with Gasteiger partial charge in [-0.3, -0.25) is 4.72 Å². The first-order valence-electron chi connectivity index (χ1n) is 6.29. The molecule has 0 bridgehead atoms. The molecule has 0 amide bonds. The molecule has 1 aliphatic heterocycles. The minimum Gasteiger partial charge on any atom is -0.486 e. The fourth-order valence-electron chi connectivity index (χ4n) is 1.72. The van der Waals surface area contributed by atoms with Crippen LogP contribution < -0.4 is 19.9 Å². The van der Waals surface area contributed by atoms with Crippen LogP contribution in [0.15, 0.2) is 12.1 Å². The highest BCUT2D eigenvalue weighted by Gasteiger charge is 2.18. The average molecular weight is 302 g/mol. The summed E-state index contributed by atoms with van der Waals surface area (Å²) in [6.45, 7) is 3.29. The fourth-order valence-corrected chi connectivity index (χ4v) is 2.68. The maximum Gasteiger partial charge on any atom is 0.235 e. The van der Waals surface area contributed by atoms with Crippen molar-refractivity contribution in [1.29, 1.82) is 0 Å². The second kappa shape index (κ2) is 6.19. The Balaban J connectivity index is 2.12. The number of nitrogens with one attached hydrogen (secondary N) is 1. The van der Waals surface area contributed by atoms with E-state index < -0.39 is 10.0 Å². The van der Waals surface area contributed by atoms with Crippen molar-refractivity contribution in [2.45, 2.75) is 6.92 Å². The molecule has 8 heteroatoms. The molecule has 20 heavy (non-hydrogen) atoms. The van der Waals surface area contributed by atoms with E-state index in [9.17, 15) is 8.42 Å². The van der Waals surface area contributed by atoms with Gasteiger partial charge in [0.25, 0.3) is 0 Å². The lowest BCUT2D eigenvalue weighted by Gasteiger charge is -2.20. The van der Waals surface area contributed by atoms with Crippen LogP contribution in [-0.4, -0.2) is 40.6 Å². The third kappa shape index (κ3) is 3.67. The van der Waals surface area contributed by atoms with E-state index in [1.54, 1.807) is 13.0 Å². The molecule has 112 valence electrons. The summed E-state index contributed by atoms with van der Waals surface area (Å²) in [6, 6.07) is 3.08. The number of nitrogen functional groups attached to an aromatic ring is 1. The molecular weight excluding hydrogens is 284 g/mol. The fraction of sp³-hybridized carbons (Fsp3) is 0.500. The molecule has 1 aromatic carbocycles. The van der Waals surface area contributed by atoms with Gasteiger partial charge in [-0.2, -0.15) is 0 Å². The van der Waals surface area contributed by atoms with E-state index in [1.165, 1.54) is 6.07 Å². The van der Waals surface area contributed by atoms with Crippen molar-refractivity contribution in [2.75, 3.05) is 42.6 Å². The maximum atomic E-state index is 11.9. The summed E-state index contributed by atoms with van der Waals surface area (Å²) in [5.74, 6) is 0.869. The van der Waals surface area contributed by atoms with Crippen LogP contribution in [0.1, 0.15) is 6.92 Å². The van der Waals surface area contributed by atoms with Gasteiger partial charge in [-0.15, -0.1) is 0 Å². The summed E-state index contributed by atoms with van der Waals surface area (Å²) in [6.07, 6.45) is 0. The van der Waals surface area contributed by atoms with Crippen LogP contribution >= 0.6 is 0 Å². The summed E-state index contributed by atoms with van der Waals surface area (Å²) in [5, 5.41) is 0. The number of sulfonamides is 1. The van der Waals surface area contributed by atoms with Gasteiger partial charge in [-0.1, -0.05) is 0 Å². The van der Waals surface area contributed by atoms with Crippen LogP contribution in [-0.2, 0) is 14.8 Å². The average Bonchev–Trinajstić information content (AvgIpc) is 2.39. The van der Waals surface area contributed by atoms with Gasteiger partial charge in [0.2, 0.25) is 10.0 Å². The number of nitrogens with two attached hydrogens (primary N) is 1. The van der Waals surface area contributed by atoms with Gasteiger partial charge in [0, 0.05) is 18.7 Å². The molecule has 1 aliphatic rings. The van der Waals surface area contributed by atoms with E-state index in [1.807, 2.05) is 0 Å². The molecule has 7 nitrogen and oxygen atoms in total. The Morgan fingerprint density at radius 1 is 1.30 bits per heavy atom. The number of anilines is 2. The van der Waals surface area contributed by atoms with E-state index in [0.29, 0.717) is 31.3 Å². The standard InChI is InChI=1S/C12H18N2O5S/c1-2-17-5-6-20(15,16)14-10-8-12-11(7-9(10)13)18-3-4-19-12/h7-8,14H,2-6,13H2,1H3. The van der Waals surface area contributed by atoms with Crippen molar-refractivity contribution >= 4 is 21.4 Å². The molecule has 0 saturated carbocycles. The molecule has 0 unspecified atom stereocenters. The lowest BCUT2D eigenvalue weighted by atomic mass is 10.2. The largest absolute Gasteiger partial charge is 0.486 e. The molecule has 0 fully saturated rings. The van der Waals surface area contributed by atoms with Gasteiger partial charge >= 0.3 is 0 Å². The molecule has 0 aromatic heterocycles. The van der Waals surface area contributed by atoms with Crippen molar-refractivity contribution in [1.82, 2.24) is 0 Å². The van der Waals surface area contributed by atoms with Gasteiger partial charge in [-0.25, -0.2) is 8.42 Å². The Morgan fingerprint density at radius 2 is 1.95 bits per heavy atom. The molecule has 1 aromatic rings. The molecule has 2 rings (SSSR count). The second-order valence-electron chi connectivity index (χ2n) is 4.20. The van der Waals surface area contributed by atoms with Crippen LogP contribution in [0, 0.1) is 0 Å². The van der Waals surface area contributed by atoms with Crippen molar-refractivity contribution in [3.63, 3.8) is 0 Å². The number of hydrogen-bond acceptors (Lipinski definition) is 6. The molecule has 0 radical (unpaired) electrons. The predicted octanol–water partition coefficient (Wildman–Crippen LogP) is 0.818. The van der Waals surface area contributed by atoms with E-state index in [0.717, 1.165) is 0 Å². The van der Waals surface area contributed by atoms with E-state index in [4.69, 9.17) is 19.9 Å². The Labute approximate surface area is 118 Å².